The Kier molecular flexibility index (Phi) is 9.87. The highest BCUT2D eigenvalue weighted by Gasteiger charge is 2.00. The zero-order valence-electron chi connectivity index (χ0n) is 8.67. The number of aliphatic hydroxyl groups is 1. The van der Waals surface area contributed by atoms with Gasteiger partial charge in [-0.2, -0.15) is 0 Å². The Morgan fingerprint density at radius 1 is 1.23 bits per heavy atom. The first-order valence-corrected chi connectivity index (χ1v) is 5.29. The summed E-state index contributed by atoms with van der Waals surface area (Å²) in [5, 5.41) is 8.48. The van der Waals surface area contributed by atoms with E-state index in [1.165, 1.54) is 25.7 Å². The zero-order chi connectivity index (χ0) is 9.94. The number of hydrogen-bond donors (Lipinski definition) is 2. The normalized spacial score (nSPS) is 13.2. The molecular formula is C10H23NO2. The molecule has 0 fully saturated rings. The summed E-state index contributed by atoms with van der Waals surface area (Å²) >= 11 is 0. The van der Waals surface area contributed by atoms with Gasteiger partial charge in [0.1, 0.15) is 6.23 Å². The standard InChI is InChI=1S/C10H23NO2/c1-2-3-4-5-6-7-10(11)13-9-8-12/h10,12H,2-9,11H2,1H3. The molecule has 0 radical (unpaired) electrons. The van der Waals surface area contributed by atoms with Crippen molar-refractivity contribution in [3.8, 4) is 0 Å². The van der Waals surface area contributed by atoms with E-state index in [0.717, 1.165) is 12.8 Å². The molecule has 0 saturated carbocycles. The van der Waals surface area contributed by atoms with Crippen molar-refractivity contribution in [1.82, 2.24) is 0 Å². The molecule has 13 heavy (non-hydrogen) atoms. The van der Waals surface area contributed by atoms with Crippen LogP contribution in [0.5, 0.6) is 0 Å². The number of hydrogen-bond acceptors (Lipinski definition) is 3. The fourth-order valence-electron chi connectivity index (χ4n) is 1.24. The van der Waals surface area contributed by atoms with Gasteiger partial charge in [-0.3, -0.25) is 0 Å². The van der Waals surface area contributed by atoms with Crippen LogP contribution < -0.4 is 5.73 Å². The van der Waals surface area contributed by atoms with Crippen molar-refractivity contribution in [3.05, 3.63) is 0 Å². The Labute approximate surface area is 81.3 Å². The fourth-order valence-corrected chi connectivity index (χ4v) is 1.24. The zero-order valence-corrected chi connectivity index (χ0v) is 8.67. The van der Waals surface area contributed by atoms with Gasteiger partial charge in [-0.05, 0) is 12.8 Å². The topological polar surface area (TPSA) is 55.5 Å². The van der Waals surface area contributed by atoms with Crippen LogP contribution in [0.25, 0.3) is 0 Å². The van der Waals surface area contributed by atoms with Gasteiger partial charge < -0.3 is 15.6 Å². The minimum absolute atomic E-state index is 0.0591. The molecule has 0 aromatic heterocycles. The molecule has 0 bridgehead atoms. The Morgan fingerprint density at radius 2 is 1.92 bits per heavy atom. The van der Waals surface area contributed by atoms with Gasteiger partial charge in [0.2, 0.25) is 0 Å². The van der Waals surface area contributed by atoms with E-state index in [1.54, 1.807) is 0 Å². The van der Waals surface area contributed by atoms with Gasteiger partial charge in [0.25, 0.3) is 0 Å². The van der Waals surface area contributed by atoms with Gasteiger partial charge >= 0.3 is 0 Å². The SMILES string of the molecule is CCCCCCCC(N)OCCO. The Balaban J connectivity index is 3.03. The van der Waals surface area contributed by atoms with Crippen molar-refractivity contribution in [2.24, 2.45) is 5.73 Å². The number of aliphatic hydroxyl groups excluding tert-OH is 1. The van der Waals surface area contributed by atoms with Crippen molar-refractivity contribution < 1.29 is 9.84 Å². The maximum absolute atomic E-state index is 8.48. The van der Waals surface area contributed by atoms with E-state index in [2.05, 4.69) is 6.92 Å². The maximum atomic E-state index is 8.48. The first-order valence-electron chi connectivity index (χ1n) is 5.29. The predicted molar refractivity (Wildman–Crippen MR) is 54.4 cm³/mol. The largest absolute Gasteiger partial charge is 0.394 e. The van der Waals surface area contributed by atoms with Crippen molar-refractivity contribution in [1.29, 1.82) is 0 Å². The molecule has 3 N–H and O–H groups in total. The Bertz CT molecular complexity index is 98.9. The van der Waals surface area contributed by atoms with E-state index in [-0.39, 0.29) is 12.8 Å². The average molecular weight is 189 g/mol. The van der Waals surface area contributed by atoms with Crippen LogP contribution in [-0.2, 0) is 4.74 Å². The highest BCUT2D eigenvalue weighted by molar-refractivity contribution is 4.50. The van der Waals surface area contributed by atoms with Crippen molar-refractivity contribution in [3.63, 3.8) is 0 Å². The Morgan fingerprint density at radius 3 is 2.54 bits per heavy atom. The van der Waals surface area contributed by atoms with Crippen LogP contribution in [0, 0.1) is 0 Å². The van der Waals surface area contributed by atoms with Crippen molar-refractivity contribution >= 4 is 0 Å². The average Bonchev–Trinajstić information content (AvgIpc) is 2.14. The molecule has 0 rings (SSSR count). The number of unbranched alkanes of at least 4 members (excludes halogenated alkanes) is 4. The van der Waals surface area contributed by atoms with E-state index in [4.69, 9.17) is 15.6 Å². The van der Waals surface area contributed by atoms with Crippen LogP contribution in [0.3, 0.4) is 0 Å². The molecule has 0 aliphatic rings. The lowest BCUT2D eigenvalue weighted by molar-refractivity contribution is 0.0264. The molecule has 0 aromatic carbocycles. The molecule has 0 amide bonds. The molecule has 1 unspecified atom stereocenters. The predicted octanol–water partition coefficient (Wildman–Crippen LogP) is 1.64. The van der Waals surface area contributed by atoms with E-state index >= 15 is 0 Å². The quantitative estimate of drug-likeness (QED) is 0.428. The van der Waals surface area contributed by atoms with Gasteiger partial charge in [0.05, 0.1) is 13.2 Å². The van der Waals surface area contributed by atoms with Gasteiger partial charge in [0.15, 0.2) is 0 Å². The number of nitrogens with two attached hydrogens (primary N) is 1. The molecule has 0 spiro atoms. The molecule has 0 aliphatic heterocycles. The Hall–Kier alpha value is -0.120. The van der Waals surface area contributed by atoms with Gasteiger partial charge in [-0.15, -0.1) is 0 Å². The van der Waals surface area contributed by atoms with Crippen LogP contribution in [0.4, 0.5) is 0 Å². The highest BCUT2D eigenvalue weighted by atomic mass is 16.5. The maximum Gasteiger partial charge on any atom is 0.105 e. The van der Waals surface area contributed by atoms with E-state index < -0.39 is 0 Å². The van der Waals surface area contributed by atoms with E-state index in [1.807, 2.05) is 0 Å². The van der Waals surface area contributed by atoms with E-state index in [9.17, 15) is 0 Å². The molecule has 3 nitrogen and oxygen atoms in total. The fraction of sp³-hybridized carbons (Fsp3) is 1.00. The lowest BCUT2D eigenvalue weighted by Gasteiger charge is -2.11. The van der Waals surface area contributed by atoms with Crippen LogP contribution >= 0.6 is 0 Å². The molecule has 0 heterocycles. The molecule has 80 valence electrons. The smallest absolute Gasteiger partial charge is 0.105 e. The second-order valence-corrected chi connectivity index (χ2v) is 3.34. The lowest BCUT2D eigenvalue weighted by atomic mass is 10.1. The summed E-state index contributed by atoms with van der Waals surface area (Å²) < 4.78 is 5.13. The van der Waals surface area contributed by atoms with Gasteiger partial charge in [-0.1, -0.05) is 32.6 Å². The lowest BCUT2D eigenvalue weighted by Crippen LogP contribution is -2.25. The molecule has 0 aliphatic carbocycles. The first-order chi connectivity index (χ1) is 6.31. The summed E-state index contributed by atoms with van der Waals surface area (Å²) in [6.45, 7) is 2.62. The molecular weight excluding hydrogens is 166 g/mol. The molecule has 3 heteroatoms. The summed E-state index contributed by atoms with van der Waals surface area (Å²) in [7, 11) is 0. The van der Waals surface area contributed by atoms with Crippen molar-refractivity contribution in [2.75, 3.05) is 13.2 Å². The summed E-state index contributed by atoms with van der Waals surface area (Å²) in [5.74, 6) is 0. The minimum Gasteiger partial charge on any atom is -0.394 e. The van der Waals surface area contributed by atoms with Crippen LogP contribution in [0.15, 0.2) is 0 Å². The summed E-state index contributed by atoms with van der Waals surface area (Å²) in [5.41, 5.74) is 5.64. The van der Waals surface area contributed by atoms with Crippen molar-refractivity contribution in [2.45, 2.75) is 51.7 Å². The third-order valence-corrected chi connectivity index (χ3v) is 2.02. The third kappa shape index (κ3) is 9.80. The minimum atomic E-state index is -0.186. The molecule has 1 atom stereocenters. The molecule has 0 aromatic rings. The highest BCUT2D eigenvalue weighted by Crippen LogP contribution is 2.06. The summed E-state index contributed by atoms with van der Waals surface area (Å²) in [6, 6.07) is 0. The first kappa shape index (κ1) is 12.9. The molecule has 0 saturated heterocycles. The monoisotopic (exact) mass is 189 g/mol. The van der Waals surface area contributed by atoms with Crippen LogP contribution in [0.2, 0.25) is 0 Å². The summed E-state index contributed by atoms with van der Waals surface area (Å²) in [6.07, 6.45) is 6.97. The number of rotatable bonds is 9. The van der Waals surface area contributed by atoms with Gasteiger partial charge in [-0.25, -0.2) is 0 Å². The van der Waals surface area contributed by atoms with Crippen LogP contribution in [0.1, 0.15) is 45.4 Å². The number of ether oxygens (including phenoxy) is 1. The van der Waals surface area contributed by atoms with Crippen LogP contribution in [-0.4, -0.2) is 24.5 Å². The van der Waals surface area contributed by atoms with E-state index in [0.29, 0.717) is 6.61 Å². The summed E-state index contributed by atoms with van der Waals surface area (Å²) in [4.78, 5) is 0. The second-order valence-electron chi connectivity index (χ2n) is 3.34. The van der Waals surface area contributed by atoms with Gasteiger partial charge in [0, 0.05) is 0 Å². The second kappa shape index (κ2) is 9.96. The third-order valence-electron chi connectivity index (χ3n) is 2.02.